The number of carbonyl (C=O) groups excluding carboxylic acids is 2. The van der Waals surface area contributed by atoms with Crippen LogP contribution in [0.1, 0.15) is 51.4 Å². The smallest absolute Gasteiger partial charge is 0.275 e. The van der Waals surface area contributed by atoms with Crippen molar-refractivity contribution in [3.8, 4) is 0 Å². The highest BCUT2D eigenvalue weighted by atomic mass is 35.5. The Hall–Kier alpha value is -3.32. The van der Waals surface area contributed by atoms with Gasteiger partial charge < -0.3 is 10.6 Å². The third-order valence-corrected chi connectivity index (χ3v) is 5.76. The molecule has 0 radical (unpaired) electrons. The number of aromatic nitrogens is 2. The molecule has 1 aromatic heterocycles. The van der Waals surface area contributed by atoms with Crippen molar-refractivity contribution in [1.82, 2.24) is 14.9 Å². The molecule has 0 aliphatic heterocycles. The number of primary amides is 1. The van der Waals surface area contributed by atoms with Crippen molar-refractivity contribution >= 4 is 23.4 Å². The summed E-state index contributed by atoms with van der Waals surface area (Å²) in [4.78, 5) is 36.1. The van der Waals surface area contributed by atoms with E-state index in [2.05, 4.69) is 9.97 Å². The number of hydrogen-bond acceptors (Lipinski definition) is 4. The Morgan fingerprint density at radius 2 is 1.90 bits per heavy atom. The summed E-state index contributed by atoms with van der Waals surface area (Å²) in [5, 5.41) is 0.224. The minimum Gasteiger partial charge on any atom is -0.368 e. The number of nitrogens with two attached hydrogens (primary N) is 1. The van der Waals surface area contributed by atoms with Crippen LogP contribution >= 0.6 is 11.6 Å². The van der Waals surface area contributed by atoms with E-state index in [0.29, 0.717) is 35.2 Å². The topological polar surface area (TPSA) is 89.2 Å². The summed E-state index contributed by atoms with van der Waals surface area (Å²) in [7, 11) is 0. The standard InChI is InChI=1S/C23H20ClFN4O2/c1-13-20(28-10-9-27-13)23(31)29(21(22(26)30)14-5-3-2-4-6-14)19-8-7-16-17(19)11-15(24)12-18(16)25/h2-6,9-12,19,21H,7-8H2,1H3,(H2,26,30)/t19-,21?/m1/s1. The van der Waals surface area contributed by atoms with Gasteiger partial charge in [-0.1, -0.05) is 41.9 Å². The fraction of sp³-hybridized carbons (Fsp3) is 0.217. The molecule has 1 aliphatic rings. The normalized spacial score (nSPS) is 15.9. The minimum atomic E-state index is -1.08. The van der Waals surface area contributed by atoms with Crippen molar-refractivity contribution in [1.29, 1.82) is 0 Å². The van der Waals surface area contributed by atoms with Gasteiger partial charge in [-0.05, 0) is 48.6 Å². The number of rotatable bonds is 5. The first-order valence-electron chi connectivity index (χ1n) is 9.81. The van der Waals surface area contributed by atoms with E-state index in [1.807, 2.05) is 0 Å². The zero-order valence-corrected chi connectivity index (χ0v) is 17.5. The number of aryl methyl sites for hydroxylation is 1. The van der Waals surface area contributed by atoms with Gasteiger partial charge >= 0.3 is 0 Å². The molecule has 3 aromatic rings. The van der Waals surface area contributed by atoms with Crippen LogP contribution in [0.25, 0.3) is 0 Å². The van der Waals surface area contributed by atoms with Crippen molar-refractivity contribution in [3.05, 3.63) is 93.8 Å². The van der Waals surface area contributed by atoms with E-state index in [9.17, 15) is 14.0 Å². The molecule has 8 heteroatoms. The highest BCUT2D eigenvalue weighted by molar-refractivity contribution is 6.30. The number of fused-ring (bicyclic) bond motifs is 1. The van der Waals surface area contributed by atoms with E-state index in [1.165, 1.54) is 23.4 Å². The zero-order valence-electron chi connectivity index (χ0n) is 16.8. The molecular formula is C23H20ClFN4O2. The number of carbonyl (C=O) groups is 2. The Morgan fingerprint density at radius 3 is 2.58 bits per heavy atom. The quantitative estimate of drug-likeness (QED) is 0.653. The molecule has 0 bridgehead atoms. The molecule has 1 unspecified atom stereocenters. The fourth-order valence-electron chi connectivity index (χ4n) is 4.19. The number of nitrogens with zero attached hydrogens (tertiary/aromatic N) is 3. The van der Waals surface area contributed by atoms with Gasteiger partial charge in [0.25, 0.3) is 5.91 Å². The van der Waals surface area contributed by atoms with E-state index in [4.69, 9.17) is 17.3 Å². The van der Waals surface area contributed by atoms with Crippen molar-refractivity contribution in [3.63, 3.8) is 0 Å². The van der Waals surface area contributed by atoms with Gasteiger partial charge in [0.05, 0.1) is 11.7 Å². The molecule has 1 heterocycles. The predicted octanol–water partition coefficient (Wildman–Crippen LogP) is 3.93. The van der Waals surface area contributed by atoms with Gasteiger partial charge in [0.1, 0.15) is 17.6 Å². The van der Waals surface area contributed by atoms with Crippen LogP contribution in [0.3, 0.4) is 0 Å². The lowest BCUT2D eigenvalue weighted by molar-refractivity contribution is -0.123. The Labute approximate surface area is 183 Å². The first kappa shape index (κ1) is 20.9. The first-order valence-corrected chi connectivity index (χ1v) is 10.2. The molecule has 0 saturated carbocycles. The van der Waals surface area contributed by atoms with Crippen LogP contribution in [0, 0.1) is 12.7 Å². The van der Waals surface area contributed by atoms with Crippen LogP contribution in [0.2, 0.25) is 5.02 Å². The molecule has 0 spiro atoms. The van der Waals surface area contributed by atoms with Crippen molar-refractivity contribution in [2.75, 3.05) is 0 Å². The molecule has 2 aromatic carbocycles. The SMILES string of the molecule is Cc1nccnc1C(=O)N(C(C(N)=O)c1ccccc1)[C@@H]1CCc2c(F)cc(Cl)cc21. The summed E-state index contributed by atoms with van der Waals surface area (Å²) in [6.07, 6.45) is 3.74. The zero-order chi connectivity index (χ0) is 22.1. The lowest BCUT2D eigenvalue weighted by Gasteiger charge is -2.35. The third kappa shape index (κ3) is 3.88. The Balaban J connectivity index is 1.90. The van der Waals surface area contributed by atoms with Gasteiger partial charge in [0, 0.05) is 17.4 Å². The molecule has 2 atom stereocenters. The van der Waals surface area contributed by atoms with Gasteiger partial charge in [-0.3, -0.25) is 14.6 Å². The molecule has 158 valence electrons. The summed E-state index contributed by atoms with van der Waals surface area (Å²) in [6.45, 7) is 1.67. The Morgan fingerprint density at radius 1 is 1.19 bits per heavy atom. The van der Waals surface area contributed by atoms with Crippen LogP contribution in [0.4, 0.5) is 4.39 Å². The predicted molar refractivity (Wildman–Crippen MR) is 114 cm³/mol. The summed E-state index contributed by atoms with van der Waals surface area (Å²) in [5.74, 6) is -1.63. The van der Waals surface area contributed by atoms with Crippen LogP contribution in [-0.2, 0) is 11.2 Å². The minimum absolute atomic E-state index is 0.112. The highest BCUT2D eigenvalue weighted by Crippen LogP contribution is 2.43. The molecule has 1 aliphatic carbocycles. The average Bonchev–Trinajstić information content (AvgIpc) is 3.16. The molecule has 0 saturated heterocycles. The van der Waals surface area contributed by atoms with E-state index < -0.39 is 29.7 Å². The van der Waals surface area contributed by atoms with Gasteiger partial charge in [-0.15, -0.1) is 0 Å². The number of hydrogen-bond donors (Lipinski definition) is 1. The molecule has 6 nitrogen and oxygen atoms in total. The van der Waals surface area contributed by atoms with Crippen molar-refractivity contribution in [2.24, 2.45) is 5.73 Å². The third-order valence-electron chi connectivity index (χ3n) is 5.54. The van der Waals surface area contributed by atoms with Crippen LogP contribution < -0.4 is 5.73 Å². The Bertz CT molecular complexity index is 1160. The lowest BCUT2D eigenvalue weighted by atomic mass is 9.98. The van der Waals surface area contributed by atoms with Gasteiger partial charge in [-0.2, -0.15) is 0 Å². The van der Waals surface area contributed by atoms with Crippen LogP contribution in [0.5, 0.6) is 0 Å². The molecule has 2 amide bonds. The van der Waals surface area contributed by atoms with Crippen molar-refractivity contribution in [2.45, 2.75) is 31.8 Å². The number of benzene rings is 2. The Kier molecular flexibility index (Phi) is 5.69. The van der Waals surface area contributed by atoms with E-state index in [1.54, 1.807) is 43.3 Å². The van der Waals surface area contributed by atoms with Gasteiger partial charge in [-0.25, -0.2) is 9.37 Å². The molecular weight excluding hydrogens is 419 g/mol. The van der Waals surface area contributed by atoms with Crippen molar-refractivity contribution < 1.29 is 14.0 Å². The molecule has 4 rings (SSSR count). The average molecular weight is 439 g/mol. The fourth-order valence-corrected chi connectivity index (χ4v) is 4.40. The second-order valence-corrected chi connectivity index (χ2v) is 7.86. The summed E-state index contributed by atoms with van der Waals surface area (Å²) in [5.41, 5.74) is 7.95. The maximum Gasteiger partial charge on any atom is 0.275 e. The van der Waals surface area contributed by atoms with Gasteiger partial charge in [0.15, 0.2) is 0 Å². The van der Waals surface area contributed by atoms with Crippen LogP contribution in [0.15, 0.2) is 54.9 Å². The second kappa shape index (κ2) is 8.43. The van der Waals surface area contributed by atoms with E-state index in [0.717, 1.165) is 0 Å². The lowest BCUT2D eigenvalue weighted by Crippen LogP contribution is -2.44. The highest BCUT2D eigenvalue weighted by Gasteiger charge is 2.41. The first-order chi connectivity index (χ1) is 14.9. The summed E-state index contributed by atoms with van der Waals surface area (Å²) in [6, 6.07) is 10.0. The molecule has 0 fully saturated rings. The maximum atomic E-state index is 14.6. The summed E-state index contributed by atoms with van der Waals surface area (Å²) >= 11 is 6.12. The second-order valence-electron chi connectivity index (χ2n) is 7.43. The van der Waals surface area contributed by atoms with Gasteiger partial charge in [0.2, 0.25) is 5.91 Å². The number of halogens is 2. The summed E-state index contributed by atoms with van der Waals surface area (Å²) < 4.78 is 14.6. The number of amides is 2. The van der Waals surface area contributed by atoms with Crippen LogP contribution in [-0.4, -0.2) is 26.7 Å². The molecule has 31 heavy (non-hydrogen) atoms. The monoisotopic (exact) mass is 438 g/mol. The van der Waals surface area contributed by atoms with E-state index in [-0.39, 0.29) is 10.7 Å². The maximum absolute atomic E-state index is 14.6. The molecule has 2 N–H and O–H groups in total. The van der Waals surface area contributed by atoms with E-state index >= 15 is 0 Å². The largest absolute Gasteiger partial charge is 0.368 e.